The molecule has 96 valence electrons. The van der Waals surface area contributed by atoms with Crippen LogP contribution in [0.4, 0.5) is 0 Å². The molecule has 1 aromatic carbocycles. The van der Waals surface area contributed by atoms with Gasteiger partial charge in [0.15, 0.2) is 0 Å². The molecule has 18 heavy (non-hydrogen) atoms. The van der Waals surface area contributed by atoms with Crippen LogP contribution in [0.3, 0.4) is 0 Å². The fraction of sp³-hybridized carbons (Fsp3) is 0.500. The minimum atomic E-state index is 0.345. The number of aliphatic imine (C=N–C) groups is 1. The Hall–Kier alpha value is -1.55. The minimum absolute atomic E-state index is 0.345. The van der Waals surface area contributed by atoms with Gasteiger partial charge in [-0.3, -0.25) is 0 Å². The van der Waals surface area contributed by atoms with Gasteiger partial charge in [0.05, 0.1) is 6.54 Å². The highest BCUT2D eigenvalue weighted by atomic mass is 16.5. The fourth-order valence-corrected chi connectivity index (χ4v) is 2.29. The third-order valence-electron chi connectivity index (χ3n) is 3.28. The van der Waals surface area contributed by atoms with Gasteiger partial charge in [0.25, 0.3) is 0 Å². The van der Waals surface area contributed by atoms with Crippen molar-refractivity contribution < 1.29 is 9.47 Å². The maximum absolute atomic E-state index is 5.95. The van der Waals surface area contributed by atoms with Gasteiger partial charge in [-0.1, -0.05) is 0 Å². The van der Waals surface area contributed by atoms with Crippen LogP contribution in [0.1, 0.15) is 18.4 Å². The summed E-state index contributed by atoms with van der Waals surface area (Å²) >= 11 is 0. The Morgan fingerprint density at radius 2 is 1.94 bits per heavy atom. The summed E-state index contributed by atoms with van der Waals surface area (Å²) in [6.07, 6.45) is 2.51. The van der Waals surface area contributed by atoms with Crippen molar-refractivity contribution in [2.24, 2.45) is 4.99 Å². The number of benzene rings is 1. The van der Waals surface area contributed by atoms with Crippen molar-refractivity contribution in [1.29, 1.82) is 0 Å². The lowest BCUT2D eigenvalue weighted by molar-refractivity contribution is 0.162. The summed E-state index contributed by atoms with van der Waals surface area (Å²) in [5.41, 5.74) is 1.03. The summed E-state index contributed by atoms with van der Waals surface area (Å²) in [5.74, 6) is 1.69. The van der Waals surface area contributed by atoms with Crippen LogP contribution in [0.2, 0.25) is 0 Å². The molecule has 1 aromatic rings. The molecule has 0 spiro atoms. The highest BCUT2D eigenvalue weighted by molar-refractivity contribution is 5.94. The SMILES string of the molecule is c1cc(C2=NCCO2)ccc1OC1CCNCC1. The van der Waals surface area contributed by atoms with Crippen LogP contribution in [0.25, 0.3) is 0 Å². The number of nitrogens with one attached hydrogen (secondary N) is 1. The molecular formula is C14H18N2O2. The van der Waals surface area contributed by atoms with Crippen molar-refractivity contribution >= 4 is 5.90 Å². The van der Waals surface area contributed by atoms with Crippen LogP contribution in [0.15, 0.2) is 29.3 Å². The van der Waals surface area contributed by atoms with Crippen LogP contribution >= 0.6 is 0 Å². The summed E-state index contributed by atoms with van der Waals surface area (Å²) in [6.45, 7) is 3.56. The normalized spacial score (nSPS) is 20.3. The van der Waals surface area contributed by atoms with Crippen molar-refractivity contribution in [3.8, 4) is 5.75 Å². The van der Waals surface area contributed by atoms with Gasteiger partial charge in [-0.25, -0.2) is 4.99 Å². The molecule has 0 atom stereocenters. The van der Waals surface area contributed by atoms with E-state index in [-0.39, 0.29) is 0 Å². The number of nitrogens with zero attached hydrogens (tertiary/aromatic N) is 1. The van der Waals surface area contributed by atoms with E-state index in [1.165, 1.54) is 0 Å². The Kier molecular flexibility index (Phi) is 3.46. The lowest BCUT2D eigenvalue weighted by Gasteiger charge is -2.23. The second-order valence-electron chi connectivity index (χ2n) is 4.63. The van der Waals surface area contributed by atoms with Crippen LogP contribution < -0.4 is 10.1 Å². The molecule has 1 saturated heterocycles. The number of hydrogen-bond donors (Lipinski definition) is 1. The van der Waals surface area contributed by atoms with Gasteiger partial charge in [0.2, 0.25) is 5.90 Å². The van der Waals surface area contributed by atoms with Crippen LogP contribution in [0, 0.1) is 0 Å². The van der Waals surface area contributed by atoms with Gasteiger partial charge in [0, 0.05) is 5.56 Å². The highest BCUT2D eigenvalue weighted by Crippen LogP contribution is 2.18. The average Bonchev–Trinajstić information content (AvgIpc) is 2.95. The topological polar surface area (TPSA) is 42.9 Å². The lowest BCUT2D eigenvalue weighted by atomic mass is 10.1. The third kappa shape index (κ3) is 2.64. The van der Waals surface area contributed by atoms with Gasteiger partial charge in [-0.2, -0.15) is 0 Å². The molecule has 0 bridgehead atoms. The maximum Gasteiger partial charge on any atom is 0.216 e. The zero-order chi connectivity index (χ0) is 12.2. The van der Waals surface area contributed by atoms with Gasteiger partial charge >= 0.3 is 0 Å². The van der Waals surface area contributed by atoms with Crippen molar-refractivity contribution in [2.75, 3.05) is 26.2 Å². The standard InChI is InChI=1S/C14H18N2O2/c1-3-12(18-13-5-7-15-8-6-13)4-2-11(1)14-16-9-10-17-14/h1-4,13,15H,5-10H2. The number of rotatable bonds is 3. The first-order chi connectivity index (χ1) is 8.92. The molecule has 0 aromatic heterocycles. The molecule has 2 heterocycles. The molecule has 2 aliphatic heterocycles. The molecule has 1 fully saturated rings. The first kappa shape index (κ1) is 11.5. The van der Waals surface area contributed by atoms with Gasteiger partial charge in [-0.15, -0.1) is 0 Å². The molecule has 0 unspecified atom stereocenters. The predicted octanol–water partition coefficient (Wildman–Crippen LogP) is 1.59. The molecular weight excluding hydrogens is 228 g/mol. The molecule has 0 aliphatic carbocycles. The summed E-state index contributed by atoms with van der Waals surface area (Å²) < 4.78 is 11.4. The second kappa shape index (κ2) is 5.40. The van der Waals surface area contributed by atoms with E-state index in [0.717, 1.165) is 49.7 Å². The number of piperidine rings is 1. The van der Waals surface area contributed by atoms with E-state index in [4.69, 9.17) is 9.47 Å². The quantitative estimate of drug-likeness (QED) is 0.880. The van der Waals surface area contributed by atoms with E-state index in [2.05, 4.69) is 10.3 Å². The minimum Gasteiger partial charge on any atom is -0.490 e. The largest absolute Gasteiger partial charge is 0.490 e. The van der Waals surface area contributed by atoms with Crippen LogP contribution in [-0.4, -0.2) is 38.2 Å². The zero-order valence-corrected chi connectivity index (χ0v) is 10.4. The first-order valence-electron chi connectivity index (χ1n) is 6.57. The molecule has 1 N–H and O–H groups in total. The number of ether oxygens (including phenoxy) is 2. The smallest absolute Gasteiger partial charge is 0.216 e. The average molecular weight is 246 g/mol. The van der Waals surface area contributed by atoms with Crippen LogP contribution in [-0.2, 0) is 4.74 Å². The molecule has 4 nitrogen and oxygen atoms in total. The predicted molar refractivity (Wildman–Crippen MR) is 70.3 cm³/mol. The summed E-state index contributed by atoms with van der Waals surface area (Å²) in [6, 6.07) is 8.03. The number of hydrogen-bond acceptors (Lipinski definition) is 4. The lowest BCUT2D eigenvalue weighted by Crippen LogP contribution is -2.34. The molecule has 0 amide bonds. The molecule has 0 radical (unpaired) electrons. The summed E-state index contributed by atoms with van der Waals surface area (Å²) in [7, 11) is 0. The van der Waals surface area contributed by atoms with Crippen molar-refractivity contribution in [2.45, 2.75) is 18.9 Å². The maximum atomic E-state index is 5.95. The Morgan fingerprint density at radius 1 is 1.17 bits per heavy atom. The van der Waals surface area contributed by atoms with E-state index in [1.807, 2.05) is 24.3 Å². The van der Waals surface area contributed by atoms with E-state index in [1.54, 1.807) is 0 Å². The Morgan fingerprint density at radius 3 is 2.61 bits per heavy atom. The fourth-order valence-electron chi connectivity index (χ4n) is 2.29. The van der Waals surface area contributed by atoms with Crippen LogP contribution in [0.5, 0.6) is 5.75 Å². The van der Waals surface area contributed by atoms with Crippen molar-refractivity contribution in [3.05, 3.63) is 29.8 Å². The molecule has 3 rings (SSSR count). The van der Waals surface area contributed by atoms with Gasteiger partial charge in [-0.05, 0) is 50.2 Å². The summed E-state index contributed by atoms with van der Waals surface area (Å²) in [5, 5.41) is 3.33. The third-order valence-corrected chi connectivity index (χ3v) is 3.28. The Balaban J connectivity index is 1.63. The Bertz CT molecular complexity index is 422. The van der Waals surface area contributed by atoms with Crippen molar-refractivity contribution in [3.63, 3.8) is 0 Å². The second-order valence-corrected chi connectivity index (χ2v) is 4.63. The first-order valence-corrected chi connectivity index (χ1v) is 6.57. The molecule has 2 aliphatic rings. The molecule has 4 heteroatoms. The monoisotopic (exact) mass is 246 g/mol. The van der Waals surface area contributed by atoms with Gasteiger partial charge < -0.3 is 14.8 Å². The van der Waals surface area contributed by atoms with Crippen molar-refractivity contribution in [1.82, 2.24) is 5.32 Å². The van der Waals surface area contributed by atoms with E-state index >= 15 is 0 Å². The Labute approximate surface area is 107 Å². The van der Waals surface area contributed by atoms with E-state index in [0.29, 0.717) is 12.7 Å². The van der Waals surface area contributed by atoms with E-state index < -0.39 is 0 Å². The zero-order valence-electron chi connectivity index (χ0n) is 10.4. The molecule has 0 saturated carbocycles. The summed E-state index contributed by atoms with van der Waals surface area (Å²) in [4.78, 5) is 4.30. The highest BCUT2D eigenvalue weighted by Gasteiger charge is 2.15. The van der Waals surface area contributed by atoms with Gasteiger partial charge in [0.1, 0.15) is 18.5 Å². The van der Waals surface area contributed by atoms with E-state index in [9.17, 15) is 0 Å².